The molecule has 1 saturated heterocycles. The number of hydrogen-bond acceptors (Lipinski definition) is 9. The smallest absolute Gasteiger partial charge is 0.337 e. The first-order chi connectivity index (χ1) is 14.3. The Morgan fingerprint density at radius 3 is 2.20 bits per heavy atom. The number of methoxy groups -OCH3 is 2. The fourth-order valence-corrected chi connectivity index (χ4v) is 3.80. The Bertz CT molecular complexity index is 823. The van der Waals surface area contributed by atoms with Crippen molar-refractivity contribution >= 4 is 47.2 Å². The molecule has 2 rings (SSSR count). The Labute approximate surface area is 177 Å². The van der Waals surface area contributed by atoms with Gasteiger partial charge in [-0.2, -0.15) is 0 Å². The summed E-state index contributed by atoms with van der Waals surface area (Å²) in [6.07, 6.45) is -0.165. The molecule has 1 heterocycles. The highest BCUT2D eigenvalue weighted by Gasteiger charge is 2.34. The van der Waals surface area contributed by atoms with Crippen molar-refractivity contribution in [2.24, 2.45) is 0 Å². The topological polar surface area (TPSA) is 137 Å². The van der Waals surface area contributed by atoms with Gasteiger partial charge in [-0.25, -0.2) is 14.4 Å². The van der Waals surface area contributed by atoms with Gasteiger partial charge in [0.25, 0.3) is 0 Å². The second kappa shape index (κ2) is 10.6. The van der Waals surface area contributed by atoms with Gasteiger partial charge >= 0.3 is 17.9 Å². The highest BCUT2D eigenvalue weighted by atomic mass is 32.2. The Hall–Kier alpha value is -3.08. The van der Waals surface area contributed by atoms with E-state index in [9.17, 15) is 24.0 Å². The summed E-state index contributed by atoms with van der Waals surface area (Å²) < 4.78 is 14.2. The molecule has 1 aromatic rings. The average molecular weight is 438 g/mol. The lowest BCUT2D eigenvalue weighted by molar-refractivity contribution is -0.146. The standard InChI is InChI=1S/C19H22N2O8S/c1-4-29-19(26)13-9-30-14(16(23)21-13)8-15(22)20-12-6-10(17(24)27-2)5-11(7-12)18(25)28-3/h5-7,13-14H,4,8-9H2,1-3H3,(H,20,22)(H,21,23)/t13-,14+/m1/s1. The predicted molar refractivity (Wildman–Crippen MR) is 107 cm³/mol. The largest absolute Gasteiger partial charge is 0.465 e. The van der Waals surface area contributed by atoms with Gasteiger partial charge in [-0.3, -0.25) is 9.59 Å². The third-order valence-electron chi connectivity index (χ3n) is 4.07. The van der Waals surface area contributed by atoms with E-state index in [1.54, 1.807) is 6.92 Å². The van der Waals surface area contributed by atoms with Gasteiger partial charge in [0.15, 0.2) is 0 Å². The van der Waals surface area contributed by atoms with E-state index in [1.165, 1.54) is 44.2 Å². The highest BCUT2D eigenvalue weighted by Crippen LogP contribution is 2.23. The highest BCUT2D eigenvalue weighted by molar-refractivity contribution is 8.00. The number of nitrogens with one attached hydrogen (secondary N) is 2. The molecule has 1 aliphatic rings. The second-order valence-corrected chi connectivity index (χ2v) is 7.41. The predicted octanol–water partition coefficient (Wildman–Crippen LogP) is 0.752. The minimum absolute atomic E-state index is 0.0535. The summed E-state index contributed by atoms with van der Waals surface area (Å²) in [7, 11) is 2.38. The van der Waals surface area contributed by atoms with E-state index in [0.717, 1.165) is 0 Å². The van der Waals surface area contributed by atoms with E-state index >= 15 is 0 Å². The first-order valence-electron chi connectivity index (χ1n) is 8.99. The van der Waals surface area contributed by atoms with Gasteiger partial charge in [-0.05, 0) is 25.1 Å². The summed E-state index contributed by atoms with van der Waals surface area (Å²) in [6.45, 7) is 1.88. The van der Waals surface area contributed by atoms with Gasteiger partial charge in [0.05, 0.1) is 37.2 Å². The molecule has 2 N–H and O–H groups in total. The van der Waals surface area contributed by atoms with Crippen LogP contribution >= 0.6 is 11.8 Å². The van der Waals surface area contributed by atoms with Crippen LogP contribution in [0.2, 0.25) is 0 Å². The number of esters is 3. The van der Waals surface area contributed by atoms with Crippen LogP contribution in [0.15, 0.2) is 18.2 Å². The first kappa shape index (κ1) is 23.2. The summed E-state index contributed by atoms with van der Waals surface area (Å²) in [5.74, 6) is -2.57. The Balaban J connectivity index is 2.05. The van der Waals surface area contributed by atoms with E-state index in [-0.39, 0.29) is 35.6 Å². The average Bonchev–Trinajstić information content (AvgIpc) is 2.73. The molecule has 0 saturated carbocycles. The molecule has 10 nitrogen and oxygen atoms in total. The van der Waals surface area contributed by atoms with Crippen molar-refractivity contribution in [1.82, 2.24) is 5.32 Å². The fraction of sp³-hybridized carbons (Fsp3) is 0.421. The maximum absolute atomic E-state index is 12.4. The Morgan fingerprint density at radius 1 is 1.10 bits per heavy atom. The number of carbonyl (C=O) groups is 5. The van der Waals surface area contributed by atoms with Crippen LogP contribution in [0.25, 0.3) is 0 Å². The van der Waals surface area contributed by atoms with Crippen molar-refractivity contribution in [3.63, 3.8) is 0 Å². The lowest BCUT2D eigenvalue weighted by atomic mass is 10.1. The molecule has 0 aromatic heterocycles. The quantitative estimate of drug-likeness (QED) is 0.467. The van der Waals surface area contributed by atoms with Crippen LogP contribution in [-0.4, -0.2) is 67.6 Å². The number of thioether (sulfide) groups is 1. The SMILES string of the molecule is CCOC(=O)[C@H]1CS[C@@H](CC(=O)Nc2cc(C(=O)OC)cc(C(=O)OC)c2)C(=O)N1. The number of hydrogen-bond donors (Lipinski definition) is 2. The number of benzene rings is 1. The van der Waals surface area contributed by atoms with Gasteiger partial charge < -0.3 is 24.8 Å². The van der Waals surface area contributed by atoms with Gasteiger partial charge in [0, 0.05) is 17.9 Å². The normalized spacial score (nSPS) is 18.0. The van der Waals surface area contributed by atoms with E-state index < -0.39 is 41.0 Å². The van der Waals surface area contributed by atoms with E-state index in [4.69, 9.17) is 4.74 Å². The Kier molecular flexibility index (Phi) is 8.22. The number of carbonyl (C=O) groups excluding carboxylic acids is 5. The number of rotatable bonds is 7. The molecule has 30 heavy (non-hydrogen) atoms. The van der Waals surface area contributed by atoms with E-state index in [1.807, 2.05) is 0 Å². The van der Waals surface area contributed by atoms with Gasteiger partial charge in [-0.15, -0.1) is 11.8 Å². The van der Waals surface area contributed by atoms with Crippen molar-refractivity contribution < 1.29 is 38.2 Å². The third-order valence-corrected chi connectivity index (χ3v) is 5.38. The molecule has 162 valence electrons. The Morgan fingerprint density at radius 2 is 1.70 bits per heavy atom. The first-order valence-corrected chi connectivity index (χ1v) is 10.0. The molecule has 11 heteroatoms. The maximum atomic E-state index is 12.4. The van der Waals surface area contributed by atoms with Crippen LogP contribution in [0.3, 0.4) is 0 Å². The molecule has 2 atom stereocenters. The lowest BCUT2D eigenvalue weighted by Gasteiger charge is -2.27. The second-order valence-electron chi connectivity index (χ2n) is 6.17. The van der Waals surface area contributed by atoms with Gasteiger partial charge in [-0.1, -0.05) is 0 Å². The molecular formula is C19H22N2O8S. The van der Waals surface area contributed by atoms with Crippen LogP contribution in [0.4, 0.5) is 5.69 Å². The number of anilines is 1. The van der Waals surface area contributed by atoms with Crippen LogP contribution in [0, 0.1) is 0 Å². The number of amides is 2. The molecule has 1 aliphatic heterocycles. The molecule has 0 radical (unpaired) electrons. The maximum Gasteiger partial charge on any atom is 0.337 e. The van der Waals surface area contributed by atoms with E-state index in [2.05, 4.69) is 20.1 Å². The zero-order valence-electron chi connectivity index (χ0n) is 16.7. The summed E-state index contributed by atoms with van der Waals surface area (Å²) in [5, 5.41) is 4.42. The minimum atomic E-state index is -0.749. The lowest BCUT2D eigenvalue weighted by Crippen LogP contribution is -2.51. The summed E-state index contributed by atoms with van der Waals surface area (Å²) in [4.78, 5) is 60.0. The van der Waals surface area contributed by atoms with Crippen LogP contribution < -0.4 is 10.6 Å². The molecule has 2 amide bonds. The van der Waals surface area contributed by atoms with Crippen LogP contribution in [0.5, 0.6) is 0 Å². The molecule has 0 unspecified atom stereocenters. The van der Waals surface area contributed by atoms with Crippen molar-refractivity contribution in [2.45, 2.75) is 24.6 Å². The molecule has 0 bridgehead atoms. The van der Waals surface area contributed by atoms with E-state index in [0.29, 0.717) is 0 Å². The third kappa shape index (κ3) is 5.96. The van der Waals surface area contributed by atoms with Crippen molar-refractivity contribution in [2.75, 3.05) is 31.9 Å². The van der Waals surface area contributed by atoms with Crippen molar-refractivity contribution in [3.8, 4) is 0 Å². The monoisotopic (exact) mass is 438 g/mol. The molecule has 1 aromatic carbocycles. The molecule has 0 spiro atoms. The van der Waals surface area contributed by atoms with Crippen molar-refractivity contribution in [1.29, 1.82) is 0 Å². The van der Waals surface area contributed by atoms with Crippen LogP contribution in [0.1, 0.15) is 34.1 Å². The molecule has 1 fully saturated rings. The summed E-state index contributed by atoms with van der Waals surface area (Å²) in [6, 6.07) is 3.23. The van der Waals surface area contributed by atoms with Gasteiger partial charge in [0.1, 0.15) is 6.04 Å². The number of ether oxygens (including phenoxy) is 3. The van der Waals surface area contributed by atoms with Gasteiger partial charge in [0.2, 0.25) is 11.8 Å². The summed E-state index contributed by atoms with van der Waals surface area (Å²) >= 11 is 1.17. The minimum Gasteiger partial charge on any atom is -0.465 e. The van der Waals surface area contributed by atoms with Crippen LogP contribution in [-0.2, 0) is 28.6 Å². The molecule has 0 aliphatic carbocycles. The zero-order valence-corrected chi connectivity index (χ0v) is 17.5. The molecular weight excluding hydrogens is 416 g/mol. The summed E-state index contributed by atoms with van der Waals surface area (Å²) in [5.41, 5.74) is 0.282. The van der Waals surface area contributed by atoms with Crippen molar-refractivity contribution in [3.05, 3.63) is 29.3 Å². The zero-order chi connectivity index (χ0) is 22.3. The fourth-order valence-electron chi connectivity index (χ4n) is 2.67.